The summed E-state index contributed by atoms with van der Waals surface area (Å²) in [6, 6.07) is 11.2. The van der Waals surface area contributed by atoms with Crippen molar-refractivity contribution < 1.29 is 37.0 Å². The summed E-state index contributed by atoms with van der Waals surface area (Å²) in [4.78, 5) is 24.2. The van der Waals surface area contributed by atoms with Gasteiger partial charge in [0.1, 0.15) is 22.8 Å². The van der Waals surface area contributed by atoms with Crippen LogP contribution < -0.4 is 10.1 Å². The number of aromatic carboxylic acids is 1. The average molecular weight is 473 g/mol. The number of rotatable bonds is 8. The van der Waals surface area contributed by atoms with Gasteiger partial charge >= 0.3 is 12.1 Å². The average Bonchev–Trinajstić information content (AvgIpc) is 3.20. The van der Waals surface area contributed by atoms with Crippen molar-refractivity contribution in [2.24, 2.45) is 0 Å². The molecule has 1 amide bonds. The molecule has 0 radical (unpaired) electrons. The zero-order valence-corrected chi connectivity index (χ0v) is 18.4. The van der Waals surface area contributed by atoms with Crippen LogP contribution in [0.4, 0.5) is 13.2 Å². The number of amides is 1. The van der Waals surface area contributed by atoms with E-state index in [1.807, 2.05) is 0 Å². The molecule has 0 unspecified atom stereocenters. The third kappa shape index (κ3) is 5.67. The molecule has 0 aliphatic heterocycles. The molecule has 3 rings (SSSR count). The number of furan rings is 1. The normalized spacial score (nSPS) is 11.6. The predicted octanol–water partition coefficient (Wildman–Crippen LogP) is 5.56. The number of hydrogen-bond donors (Lipinski definition) is 2. The van der Waals surface area contributed by atoms with Crippen molar-refractivity contribution >= 4 is 18.0 Å². The first kappa shape index (κ1) is 24.6. The molecule has 2 aromatic carbocycles. The smallest absolute Gasteiger partial charge is 0.416 e. The topological polar surface area (TPSA) is 88.8 Å². The maximum atomic E-state index is 12.9. The lowest BCUT2D eigenvalue weighted by Gasteiger charge is -2.07. The van der Waals surface area contributed by atoms with Crippen LogP contribution >= 0.6 is 0 Å². The lowest BCUT2D eigenvalue weighted by molar-refractivity contribution is -0.137. The Morgan fingerprint density at radius 2 is 1.74 bits per heavy atom. The van der Waals surface area contributed by atoms with Crippen LogP contribution in [-0.4, -0.2) is 24.1 Å². The van der Waals surface area contributed by atoms with Crippen molar-refractivity contribution in [3.05, 3.63) is 82.6 Å². The first-order valence-electron chi connectivity index (χ1n) is 10.3. The molecule has 0 aliphatic rings. The molecule has 0 saturated carbocycles. The molecule has 1 aromatic heterocycles. The Labute approximate surface area is 193 Å². The van der Waals surface area contributed by atoms with Crippen LogP contribution in [0.1, 0.15) is 39.7 Å². The third-order valence-electron chi connectivity index (χ3n) is 5.09. The second-order valence-corrected chi connectivity index (χ2v) is 7.28. The van der Waals surface area contributed by atoms with Gasteiger partial charge in [0, 0.05) is 23.7 Å². The van der Waals surface area contributed by atoms with Crippen LogP contribution in [0, 0.1) is 0 Å². The van der Waals surface area contributed by atoms with Gasteiger partial charge in [-0.15, -0.1) is 0 Å². The van der Waals surface area contributed by atoms with Crippen molar-refractivity contribution in [3.8, 4) is 17.1 Å². The van der Waals surface area contributed by atoms with E-state index >= 15 is 0 Å². The maximum Gasteiger partial charge on any atom is 0.416 e. The molecule has 1 heterocycles. The molecule has 0 atom stereocenters. The minimum absolute atomic E-state index is 0.0728. The molecule has 178 valence electrons. The van der Waals surface area contributed by atoms with Crippen LogP contribution in [0.25, 0.3) is 17.4 Å². The Bertz CT molecular complexity index is 1190. The number of carboxylic acid groups (broad SMARTS) is 1. The molecule has 0 fully saturated rings. The molecule has 2 N–H and O–H groups in total. The fourth-order valence-corrected chi connectivity index (χ4v) is 3.35. The van der Waals surface area contributed by atoms with Crippen LogP contribution in [0.15, 0.2) is 59.0 Å². The van der Waals surface area contributed by atoms with E-state index in [1.165, 1.54) is 12.2 Å². The van der Waals surface area contributed by atoms with Crippen LogP contribution in [0.2, 0.25) is 0 Å². The number of benzene rings is 2. The van der Waals surface area contributed by atoms with Crippen molar-refractivity contribution in [1.29, 1.82) is 0 Å². The molecule has 34 heavy (non-hydrogen) atoms. The first-order chi connectivity index (χ1) is 16.1. The van der Waals surface area contributed by atoms with Crippen LogP contribution in [-0.2, 0) is 23.9 Å². The van der Waals surface area contributed by atoms with Gasteiger partial charge in [-0.1, -0.05) is 31.2 Å². The molecule has 0 spiro atoms. The highest BCUT2D eigenvalue weighted by atomic mass is 19.4. The summed E-state index contributed by atoms with van der Waals surface area (Å²) in [7, 11) is 1.56. The number of carbonyl (C=O) groups is 2. The zero-order chi connectivity index (χ0) is 24.9. The highest BCUT2D eigenvalue weighted by molar-refractivity contribution is 5.98. The lowest BCUT2D eigenvalue weighted by Crippen LogP contribution is -2.20. The minimum Gasteiger partial charge on any atom is -0.497 e. The Morgan fingerprint density at radius 1 is 1.09 bits per heavy atom. The van der Waals surface area contributed by atoms with Gasteiger partial charge in [-0.3, -0.25) is 4.79 Å². The second kappa shape index (κ2) is 10.3. The standard InChI is InChI=1S/C25H22F3NO5/c1-3-19-20(12-13-21(30)29-14-15-4-10-18(33-2)11-5-15)34-23(22(19)24(31)32)16-6-8-17(9-7-16)25(26,27)28/h4-13H,3,14H2,1-2H3,(H,29,30)(H,31,32)/b13-12+. The molecule has 0 aliphatic carbocycles. The van der Waals surface area contributed by atoms with Crippen molar-refractivity contribution in [3.63, 3.8) is 0 Å². The van der Waals surface area contributed by atoms with Crippen molar-refractivity contribution in [2.75, 3.05) is 7.11 Å². The summed E-state index contributed by atoms with van der Waals surface area (Å²) in [5.41, 5.74) is 0.363. The summed E-state index contributed by atoms with van der Waals surface area (Å²) >= 11 is 0. The van der Waals surface area contributed by atoms with Crippen LogP contribution in [0.3, 0.4) is 0 Å². The van der Waals surface area contributed by atoms with Crippen molar-refractivity contribution in [2.45, 2.75) is 26.1 Å². The molecular weight excluding hydrogens is 451 g/mol. The van der Waals surface area contributed by atoms with Crippen molar-refractivity contribution in [1.82, 2.24) is 5.32 Å². The van der Waals surface area contributed by atoms with Crippen LogP contribution in [0.5, 0.6) is 5.75 Å². The third-order valence-corrected chi connectivity index (χ3v) is 5.09. The molecule has 0 saturated heterocycles. The Balaban J connectivity index is 1.83. The molecule has 6 nitrogen and oxygen atoms in total. The molecule has 3 aromatic rings. The number of nitrogens with one attached hydrogen (secondary N) is 1. The fraction of sp³-hybridized carbons (Fsp3) is 0.200. The molecule has 9 heteroatoms. The van der Waals surface area contributed by atoms with E-state index in [2.05, 4.69) is 5.32 Å². The maximum absolute atomic E-state index is 12.9. The van der Waals surface area contributed by atoms with E-state index in [4.69, 9.17) is 9.15 Å². The Hall–Kier alpha value is -4.01. The van der Waals surface area contributed by atoms with E-state index in [0.717, 1.165) is 29.8 Å². The van der Waals surface area contributed by atoms with Gasteiger partial charge in [0.05, 0.1) is 12.7 Å². The quantitative estimate of drug-likeness (QED) is 0.418. The monoisotopic (exact) mass is 473 g/mol. The highest BCUT2D eigenvalue weighted by Crippen LogP contribution is 2.35. The number of methoxy groups -OCH3 is 1. The largest absolute Gasteiger partial charge is 0.497 e. The summed E-state index contributed by atoms with van der Waals surface area (Å²) in [6.45, 7) is 1.98. The first-order valence-corrected chi connectivity index (χ1v) is 10.3. The molecular formula is C25H22F3NO5. The SMILES string of the molecule is CCc1c(/C=C/C(=O)NCc2ccc(OC)cc2)oc(-c2ccc(C(F)(F)F)cc2)c1C(=O)O. The fourth-order valence-electron chi connectivity index (χ4n) is 3.35. The summed E-state index contributed by atoms with van der Waals surface area (Å²) < 4.78 is 49.4. The highest BCUT2D eigenvalue weighted by Gasteiger charge is 2.31. The lowest BCUT2D eigenvalue weighted by atomic mass is 10.0. The summed E-state index contributed by atoms with van der Waals surface area (Å²) in [5, 5.41) is 12.4. The Morgan fingerprint density at radius 3 is 2.26 bits per heavy atom. The van der Waals surface area contributed by atoms with E-state index in [0.29, 0.717) is 11.3 Å². The Kier molecular flexibility index (Phi) is 7.45. The molecule has 0 bridgehead atoms. The van der Waals surface area contributed by atoms with Gasteiger partial charge < -0.3 is 19.6 Å². The van der Waals surface area contributed by atoms with Gasteiger partial charge in [-0.25, -0.2) is 4.79 Å². The number of carbonyl (C=O) groups excluding carboxylic acids is 1. The van der Waals surface area contributed by atoms with Gasteiger partial charge in [-0.05, 0) is 42.3 Å². The van der Waals surface area contributed by atoms with Gasteiger partial charge in [0.15, 0.2) is 0 Å². The second-order valence-electron chi connectivity index (χ2n) is 7.28. The number of hydrogen-bond acceptors (Lipinski definition) is 4. The zero-order valence-electron chi connectivity index (χ0n) is 18.4. The number of carboxylic acids is 1. The van der Waals surface area contributed by atoms with Gasteiger partial charge in [0.25, 0.3) is 0 Å². The van der Waals surface area contributed by atoms with Gasteiger partial charge in [0.2, 0.25) is 5.91 Å². The van der Waals surface area contributed by atoms with E-state index in [9.17, 15) is 27.9 Å². The summed E-state index contributed by atoms with van der Waals surface area (Å²) in [6.07, 6.45) is -1.68. The minimum atomic E-state index is -4.51. The van der Waals surface area contributed by atoms with E-state index in [1.54, 1.807) is 38.3 Å². The summed E-state index contributed by atoms with van der Waals surface area (Å²) in [5.74, 6) is -0.940. The van der Waals surface area contributed by atoms with E-state index < -0.39 is 23.6 Å². The predicted molar refractivity (Wildman–Crippen MR) is 119 cm³/mol. The van der Waals surface area contributed by atoms with Gasteiger partial charge in [-0.2, -0.15) is 13.2 Å². The number of ether oxygens (including phenoxy) is 1. The van der Waals surface area contributed by atoms with E-state index in [-0.39, 0.29) is 35.6 Å². The number of alkyl halides is 3. The number of halogens is 3.